The van der Waals surface area contributed by atoms with E-state index in [1.807, 2.05) is 19.0 Å². The maximum absolute atomic E-state index is 11.9. The Hall–Kier alpha value is -0.730. The van der Waals surface area contributed by atoms with Gasteiger partial charge >= 0.3 is 6.03 Å². The minimum Gasteiger partial charge on any atom is -0.331 e. The van der Waals surface area contributed by atoms with Crippen LogP contribution in [0.3, 0.4) is 0 Å². The van der Waals surface area contributed by atoms with Gasteiger partial charge in [0, 0.05) is 27.2 Å². The van der Waals surface area contributed by atoms with Gasteiger partial charge in [-0.25, -0.2) is 4.79 Å². The Labute approximate surface area is 98.8 Å². The van der Waals surface area contributed by atoms with Crippen molar-refractivity contribution in [3.63, 3.8) is 0 Å². The van der Waals surface area contributed by atoms with Crippen molar-refractivity contribution in [2.75, 3.05) is 27.2 Å². The van der Waals surface area contributed by atoms with Crippen LogP contribution in [-0.2, 0) is 0 Å². The molecule has 0 aromatic heterocycles. The first-order valence-corrected chi connectivity index (χ1v) is 6.27. The first-order chi connectivity index (χ1) is 7.30. The summed E-state index contributed by atoms with van der Waals surface area (Å²) in [5, 5.41) is 0. The fourth-order valence-corrected chi connectivity index (χ4v) is 3.74. The van der Waals surface area contributed by atoms with E-state index in [2.05, 4.69) is 20.8 Å². The first kappa shape index (κ1) is 11.7. The largest absolute Gasteiger partial charge is 0.331 e. The van der Waals surface area contributed by atoms with E-state index in [1.165, 1.54) is 6.42 Å². The Balaban J connectivity index is 1.99. The molecule has 92 valence electrons. The number of carbonyl (C=O) groups excluding carboxylic acids is 1. The van der Waals surface area contributed by atoms with Gasteiger partial charge in [-0.2, -0.15) is 0 Å². The smallest absolute Gasteiger partial charge is 0.319 e. The van der Waals surface area contributed by atoms with Gasteiger partial charge in [0.15, 0.2) is 0 Å². The molecular weight excluding hydrogens is 200 g/mol. The summed E-state index contributed by atoms with van der Waals surface area (Å²) in [7, 11) is 3.67. The fraction of sp³-hybridized carbons (Fsp3) is 0.923. The third-order valence-electron chi connectivity index (χ3n) is 4.18. The van der Waals surface area contributed by atoms with Crippen LogP contribution >= 0.6 is 0 Å². The summed E-state index contributed by atoms with van der Waals surface area (Å²) in [4.78, 5) is 15.6. The summed E-state index contributed by atoms with van der Waals surface area (Å²) in [6.07, 6.45) is 1.33. The highest BCUT2D eigenvalue weighted by Gasteiger charge is 2.52. The van der Waals surface area contributed by atoms with Crippen molar-refractivity contribution in [1.82, 2.24) is 9.80 Å². The number of amides is 2. The number of hydrogen-bond acceptors (Lipinski definition) is 1. The molecule has 0 N–H and O–H groups in total. The molecule has 1 aliphatic carbocycles. The Bertz CT molecular complexity index is 281. The van der Waals surface area contributed by atoms with E-state index in [4.69, 9.17) is 0 Å². The van der Waals surface area contributed by atoms with Crippen LogP contribution in [-0.4, -0.2) is 43.0 Å². The third-order valence-corrected chi connectivity index (χ3v) is 4.18. The second-order valence-corrected chi connectivity index (χ2v) is 6.73. The van der Waals surface area contributed by atoms with Gasteiger partial charge in [0.1, 0.15) is 0 Å². The highest BCUT2D eigenvalue weighted by Crippen LogP contribution is 2.53. The molecule has 3 aliphatic rings. The summed E-state index contributed by atoms with van der Waals surface area (Å²) in [6, 6.07) is 0.182. The summed E-state index contributed by atoms with van der Waals surface area (Å²) in [5.41, 5.74) is 0.404. The molecule has 3 heteroatoms. The molecule has 2 atom stereocenters. The van der Waals surface area contributed by atoms with Crippen LogP contribution in [0.1, 0.15) is 27.2 Å². The lowest BCUT2D eigenvalue weighted by atomic mass is 9.53. The molecule has 3 fully saturated rings. The van der Waals surface area contributed by atoms with Crippen LogP contribution in [0, 0.1) is 23.2 Å². The zero-order chi connectivity index (χ0) is 12.1. The normalized spacial score (nSPS) is 33.3. The van der Waals surface area contributed by atoms with Gasteiger partial charge in [-0.1, -0.05) is 20.8 Å². The highest BCUT2D eigenvalue weighted by molar-refractivity contribution is 5.74. The van der Waals surface area contributed by atoms with Gasteiger partial charge < -0.3 is 9.80 Å². The number of carbonyl (C=O) groups is 1. The summed E-state index contributed by atoms with van der Waals surface area (Å²) >= 11 is 0. The SMILES string of the molecule is CN(C)C(=O)N1CC2CC(C1)C2C(C)(C)C. The van der Waals surface area contributed by atoms with Crippen LogP contribution in [0.5, 0.6) is 0 Å². The third kappa shape index (κ3) is 1.80. The van der Waals surface area contributed by atoms with Crippen LogP contribution in [0.25, 0.3) is 0 Å². The Morgan fingerprint density at radius 3 is 2.06 bits per heavy atom. The number of hydrogen-bond donors (Lipinski definition) is 0. The van der Waals surface area contributed by atoms with Crippen molar-refractivity contribution < 1.29 is 4.79 Å². The van der Waals surface area contributed by atoms with E-state index in [0.717, 1.165) is 30.8 Å². The standard InChI is InChI=1S/C13H24N2O/c1-13(2,3)11-9-6-10(11)8-15(7-9)12(16)14(4)5/h9-11H,6-8H2,1-5H3. The van der Waals surface area contributed by atoms with Gasteiger partial charge in [0.2, 0.25) is 0 Å². The predicted octanol–water partition coefficient (Wildman–Crippen LogP) is 2.28. The lowest BCUT2D eigenvalue weighted by Gasteiger charge is -2.58. The van der Waals surface area contributed by atoms with Gasteiger partial charge in [-0.3, -0.25) is 0 Å². The molecule has 2 heterocycles. The molecule has 2 bridgehead atoms. The van der Waals surface area contributed by atoms with Crippen molar-refractivity contribution in [2.24, 2.45) is 23.2 Å². The number of fused-ring (bicyclic) bond motifs is 2. The maximum atomic E-state index is 11.9. The second kappa shape index (κ2) is 3.64. The molecule has 2 amide bonds. The van der Waals surface area contributed by atoms with Gasteiger partial charge in [-0.15, -0.1) is 0 Å². The van der Waals surface area contributed by atoms with Crippen LogP contribution in [0.4, 0.5) is 4.79 Å². The Morgan fingerprint density at radius 1 is 1.19 bits per heavy atom. The molecule has 3 nitrogen and oxygen atoms in total. The van der Waals surface area contributed by atoms with E-state index in [0.29, 0.717) is 5.41 Å². The van der Waals surface area contributed by atoms with E-state index in [1.54, 1.807) is 4.90 Å². The minimum atomic E-state index is 0.182. The van der Waals surface area contributed by atoms with Crippen LogP contribution in [0.15, 0.2) is 0 Å². The Morgan fingerprint density at radius 2 is 1.69 bits per heavy atom. The van der Waals surface area contributed by atoms with Gasteiger partial charge in [0.25, 0.3) is 0 Å². The van der Waals surface area contributed by atoms with E-state index in [-0.39, 0.29) is 6.03 Å². The molecule has 2 aliphatic heterocycles. The number of urea groups is 1. The highest BCUT2D eigenvalue weighted by atomic mass is 16.2. The van der Waals surface area contributed by atoms with Gasteiger partial charge in [0.05, 0.1) is 0 Å². The maximum Gasteiger partial charge on any atom is 0.319 e. The van der Waals surface area contributed by atoms with Crippen molar-refractivity contribution in [2.45, 2.75) is 27.2 Å². The van der Waals surface area contributed by atoms with E-state index < -0.39 is 0 Å². The average molecular weight is 224 g/mol. The second-order valence-electron chi connectivity index (χ2n) is 6.73. The zero-order valence-electron chi connectivity index (χ0n) is 11.2. The minimum absolute atomic E-state index is 0.182. The van der Waals surface area contributed by atoms with Crippen molar-refractivity contribution in [3.05, 3.63) is 0 Å². The molecule has 16 heavy (non-hydrogen) atoms. The zero-order valence-corrected chi connectivity index (χ0v) is 11.2. The first-order valence-electron chi connectivity index (χ1n) is 6.27. The summed E-state index contributed by atoms with van der Waals surface area (Å²) in [5.74, 6) is 2.30. The molecule has 0 spiro atoms. The molecule has 2 saturated heterocycles. The summed E-state index contributed by atoms with van der Waals surface area (Å²) < 4.78 is 0. The predicted molar refractivity (Wildman–Crippen MR) is 65.2 cm³/mol. The van der Waals surface area contributed by atoms with Crippen molar-refractivity contribution in [1.29, 1.82) is 0 Å². The van der Waals surface area contributed by atoms with E-state index >= 15 is 0 Å². The quantitative estimate of drug-likeness (QED) is 0.619. The molecule has 2 unspecified atom stereocenters. The molecule has 3 rings (SSSR count). The van der Waals surface area contributed by atoms with Crippen LogP contribution in [0.2, 0.25) is 0 Å². The lowest BCUT2D eigenvalue weighted by molar-refractivity contribution is -0.0844. The topological polar surface area (TPSA) is 23.6 Å². The number of nitrogens with zero attached hydrogens (tertiary/aromatic N) is 2. The molecule has 1 saturated carbocycles. The number of piperidine rings is 2. The molecule has 0 aromatic carbocycles. The number of rotatable bonds is 0. The van der Waals surface area contributed by atoms with Crippen molar-refractivity contribution >= 4 is 6.03 Å². The average Bonchev–Trinajstić information content (AvgIpc) is 2.13. The molecule has 0 aromatic rings. The lowest BCUT2D eigenvalue weighted by Crippen LogP contribution is -2.61. The fourth-order valence-electron chi connectivity index (χ4n) is 3.74. The van der Waals surface area contributed by atoms with Gasteiger partial charge in [-0.05, 0) is 29.6 Å². The van der Waals surface area contributed by atoms with Crippen molar-refractivity contribution in [3.8, 4) is 0 Å². The molecular formula is C13H24N2O. The van der Waals surface area contributed by atoms with Crippen LogP contribution < -0.4 is 0 Å². The van der Waals surface area contributed by atoms with E-state index in [9.17, 15) is 4.79 Å². The summed E-state index contributed by atoms with van der Waals surface area (Å²) in [6.45, 7) is 8.94. The monoisotopic (exact) mass is 224 g/mol. The Kier molecular flexibility index (Phi) is 2.67. The molecule has 0 radical (unpaired) electrons.